The first kappa shape index (κ1) is 20.2. The Balaban J connectivity index is 1.76. The second-order valence-electron chi connectivity index (χ2n) is 7.22. The molecule has 3 rings (SSSR count). The van der Waals surface area contributed by atoms with Crippen LogP contribution >= 0.6 is 23.2 Å². The van der Waals surface area contributed by atoms with Gasteiger partial charge in [0, 0.05) is 41.5 Å². The number of imidazole rings is 1. The Morgan fingerprint density at radius 3 is 2.89 bits per heavy atom. The number of carbonyl (C=O) groups is 1. The molecule has 1 fully saturated rings. The maximum Gasteiger partial charge on any atom is 0.225 e. The van der Waals surface area contributed by atoms with Gasteiger partial charge in [-0.3, -0.25) is 4.79 Å². The number of benzene rings is 1. The first-order valence-corrected chi connectivity index (χ1v) is 10.0. The van der Waals surface area contributed by atoms with Crippen LogP contribution in [0.15, 0.2) is 30.6 Å². The van der Waals surface area contributed by atoms with Crippen LogP contribution in [0.25, 0.3) is 0 Å². The Labute approximate surface area is 170 Å². The van der Waals surface area contributed by atoms with Gasteiger partial charge in [-0.25, -0.2) is 4.98 Å². The van der Waals surface area contributed by atoms with Crippen LogP contribution in [-0.4, -0.2) is 39.6 Å². The van der Waals surface area contributed by atoms with Crippen molar-refractivity contribution in [2.75, 3.05) is 13.2 Å². The standard InChI is InChI=1S/C20H25Cl2N3O2/c1-14(2)20(26)25(12-17-4-3-9-27-17)13-19-23-7-8-24(19)11-15-5-6-16(21)10-18(15)22/h5-8,10,14,17H,3-4,9,11-13H2,1-2H3. The second-order valence-corrected chi connectivity index (χ2v) is 8.06. The molecule has 5 nitrogen and oxygen atoms in total. The highest BCUT2D eigenvalue weighted by Crippen LogP contribution is 2.23. The van der Waals surface area contributed by atoms with Gasteiger partial charge >= 0.3 is 0 Å². The third-order valence-corrected chi connectivity index (χ3v) is 5.33. The first-order valence-electron chi connectivity index (χ1n) is 9.28. The van der Waals surface area contributed by atoms with Gasteiger partial charge in [0.15, 0.2) is 0 Å². The molecule has 1 aromatic carbocycles. The van der Waals surface area contributed by atoms with E-state index >= 15 is 0 Å². The van der Waals surface area contributed by atoms with Crippen molar-refractivity contribution >= 4 is 29.1 Å². The molecule has 0 bridgehead atoms. The topological polar surface area (TPSA) is 47.4 Å². The van der Waals surface area contributed by atoms with E-state index in [9.17, 15) is 4.79 Å². The summed E-state index contributed by atoms with van der Waals surface area (Å²) in [5.41, 5.74) is 0.959. The van der Waals surface area contributed by atoms with Crippen molar-refractivity contribution in [1.82, 2.24) is 14.5 Å². The minimum Gasteiger partial charge on any atom is -0.376 e. The molecule has 1 aliphatic heterocycles. The van der Waals surface area contributed by atoms with Gasteiger partial charge in [-0.05, 0) is 30.5 Å². The van der Waals surface area contributed by atoms with Crippen LogP contribution in [0.4, 0.5) is 0 Å². The van der Waals surface area contributed by atoms with Crippen LogP contribution in [0.5, 0.6) is 0 Å². The highest BCUT2D eigenvalue weighted by molar-refractivity contribution is 6.35. The highest BCUT2D eigenvalue weighted by Gasteiger charge is 2.25. The van der Waals surface area contributed by atoms with Gasteiger partial charge in [0.2, 0.25) is 5.91 Å². The van der Waals surface area contributed by atoms with E-state index in [0.29, 0.717) is 29.7 Å². The van der Waals surface area contributed by atoms with E-state index < -0.39 is 0 Å². The van der Waals surface area contributed by atoms with E-state index in [1.807, 2.05) is 41.6 Å². The van der Waals surface area contributed by atoms with Crippen molar-refractivity contribution in [2.24, 2.45) is 5.92 Å². The number of aromatic nitrogens is 2. The predicted octanol–water partition coefficient (Wildman–Crippen LogP) is 4.40. The fourth-order valence-corrected chi connectivity index (χ4v) is 3.74. The van der Waals surface area contributed by atoms with Crippen LogP contribution in [-0.2, 0) is 22.6 Å². The molecular weight excluding hydrogens is 385 g/mol. The predicted molar refractivity (Wildman–Crippen MR) is 107 cm³/mol. The molecule has 2 aromatic rings. The zero-order chi connectivity index (χ0) is 19.4. The van der Waals surface area contributed by atoms with Crippen LogP contribution in [0.1, 0.15) is 38.1 Å². The summed E-state index contributed by atoms with van der Waals surface area (Å²) in [6.07, 6.45) is 5.82. The first-order chi connectivity index (χ1) is 12.9. The Morgan fingerprint density at radius 1 is 1.41 bits per heavy atom. The molecule has 1 unspecified atom stereocenters. The summed E-state index contributed by atoms with van der Waals surface area (Å²) in [7, 11) is 0. The molecule has 1 atom stereocenters. The van der Waals surface area contributed by atoms with Crippen molar-refractivity contribution in [1.29, 1.82) is 0 Å². The van der Waals surface area contributed by atoms with Crippen LogP contribution in [0, 0.1) is 5.92 Å². The molecule has 146 valence electrons. The number of carbonyl (C=O) groups excluding carboxylic acids is 1. The van der Waals surface area contributed by atoms with Gasteiger partial charge in [-0.2, -0.15) is 0 Å². The Kier molecular flexibility index (Phi) is 6.79. The van der Waals surface area contributed by atoms with Gasteiger partial charge in [0.25, 0.3) is 0 Å². The second kappa shape index (κ2) is 9.09. The average molecular weight is 410 g/mol. The lowest BCUT2D eigenvalue weighted by molar-refractivity contribution is -0.136. The summed E-state index contributed by atoms with van der Waals surface area (Å²) < 4.78 is 7.75. The van der Waals surface area contributed by atoms with Crippen molar-refractivity contribution in [3.8, 4) is 0 Å². The minimum absolute atomic E-state index is 0.0690. The van der Waals surface area contributed by atoms with Gasteiger partial charge in [-0.1, -0.05) is 43.1 Å². The van der Waals surface area contributed by atoms with Gasteiger partial charge in [0.05, 0.1) is 19.2 Å². The smallest absolute Gasteiger partial charge is 0.225 e. The zero-order valence-electron chi connectivity index (χ0n) is 15.7. The fourth-order valence-electron chi connectivity index (χ4n) is 3.27. The Bertz CT molecular complexity index is 785. The molecule has 7 heteroatoms. The summed E-state index contributed by atoms with van der Waals surface area (Å²) in [4.78, 5) is 19.1. The number of hydrogen-bond acceptors (Lipinski definition) is 3. The molecule has 1 aliphatic rings. The molecule has 1 saturated heterocycles. The van der Waals surface area contributed by atoms with Crippen molar-refractivity contribution in [3.05, 3.63) is 52.0 Å². The maximum absolute atomic E-state index is 12.7. The molecule has 1 amide bonds. The lowest BCUT2D eigenvalue weighted by Gasteiger charge is -2.27. The van der Waals surface area contributed by atoms with Crippen molar-refractivity contribution in [3.63, 3.8) is 0 Å². The Hall–Kier alpha value is -1.56. The zero-order valence-corrected chi connectivity index (χ0v) is 17.2. The maximum atomic E-state index is 12.7. The van der Waals surface area contributed by atoms with Crippen LogP contribution in [0.2, 0.25) is 10.0 Å². The van der Waals surface area contributed by atoms with Gasteiger partial charge in [-0.15, -0.1) is 0 Å². The molecule has 1 aromatic heterocycles. The van der Waals surface area contributed by atoms with E-state index in [0.717, 1.165) is 30.8 Å². The lowest BCUT2D eigenvalue weighted by Crippen LogP contribution is -2.39. The summed E-state index contributed by atoms with van der Waals surface area (Å²) in [5.74, 6) is 0.873. The molecule has 0 N–H and O–H groups in total. The third kappa shape index (κ3) is 5.24. The normalized spacial score (nSPS) is 16.9. The number of halogens is 2. The van der Waals surface area contributed by atoms with E-state index in [2.05, 4.69) is 4.98 Å². The van der Waals surface area contributed by atoms with Crippen LogP contribution < -0.4 is 0 Å². The number of amides is 1. The minimum atomic E-state index is -0.0690. The molecular formula is C20H25Cl2N3O2. The monoisotopic (exact) mass is 409 g/mol. The number of hydrogen-bond donors (Lipinski definition) is 0. The molecule has 0 saturated carbocycles. The van der Waals surface area contributed by atoms with Crippen molar-refractivity contribution in [2.45, 2.75) is 45.9 Å². The van der Waals surface area contributed by atoms with Gasteiger partial charge in [0.1, 0.15) is 5.82 Å². The molecule has 27 heavy (non-hydrogen) atoms. The van der Waals surface area contributed by atoms with E-state index in [1.54, 1.807) is 12.3 Å². The molecule has 0 aliphatic carbocycles. The third-order valence-electron chi connectivity index (χ3n) is 4.74. The summed E-state index contributed by atoms with van der Waals surface area (Å²) in [5, 5.41) is 1.23. The average Bonchev–Trinajstić information content (AvgIpc) is 3.28. The largest absolute Gasteiger partial charge is 0.376 e. The Morgan fingerprint density at radius 2 is 2.22 bits per heavy atom. The number of nitrogens with zero attached hydrogens (tertiary/aromatic N) is 3. The number of ether oxygens (including phenoxy) is 1. The summed E-state index contributed by atoms with van der Waals surface area (Å²) >= 11 is 12.3. The number of rotatable bonds is 7. The van der Waals surface area contributed by atoms with E-state index in [1.165, 1.54) is 0 Å². The van der Waals surface area contributed by atoms with E-state index in [4.69, 9.17) is 27.9 Å². The summed E-state index contributed by atoms with van der Waals surface area (Å²) in [6.45, 7) is 6.25. The summed E-state index contributed by atoms with van der Waals surface area (Å²) in [6, 6.07) is 5.48. The molecule has 2 heterocycles. The SMILES string of the molecule is CC(C)C(=O)N(Cc1nccn1Cc1ccc(Cl)cc1Cl)CC1CCCO1. The van der Waals surface area contributed by atoms with E-state index in [-0.39, 0.29) is 17.9 Å². The highest BCUT2D eigenvalue weighted by atomic mass is 35.5. The lowest BCUT2D eigenvalue weighted by atomic mass is 10.1. The van der Waals surface area contributed by atoms with Crippen molar-refractivity contribution < 1.29 is 9.53 Å². The fraction of sp³-hybridized carbons (Fsp3) is 0.500. The molecule has 0 radical (unpaired) electrons. The van der Waals surface area contributed by atoms with Gasteiger partial charge < -0.3 is 14.2 Å². The quantitative estimate of drug-likeness (QED) is 0.680. The molecule has 0 spiro atoms. The van der Waals surface area contributed by atoms with Crippen LogP contribution in [0.3, 0.4) is 0 Å².